The van der Waals surface area contributed by atoms with Crippen molar-refractivity contribution in [3.05, 3.63) is 0 Å². The van der Waals surface area contributed by atoms with Crippen LogP contribution in [0.1, 0.15) is 57.8 Å². The van der Waals surface area contributed by atoms with Gasteiger partial charge in [-0.3, -0.25) is 4.79 Å². The van der Waals surface area contributed by atoms with Crippen LogP contribution in [0.3, 0.4) is 0 Å². The van der Waals surface area contributed by atoms with Crippen molar-refractivity contribution >= 4 is 5.97 Å². The molecular formula is C16H28O4. The predicted octanol–water partition coefficient (Wildman–Crippen LogP) is 2.68. The van der Waals surface area contributed by atoms with Crippen molar-refractivity contribution in [2.45, 2.75) is 69.5 Å². The molecule has 0 heterocycles. The molecule has 0 radical (unpaired) electrons. The molecule has 2 rings (SSSR count). The van der Waals surface area contributed by atoms with Gasteiger partial charge >= 0.3 is 5.97 Å². The second-order valence-corrected chi connectivity index (χ2v) is 6.48. The molecule has 20 heavy (non-hydrogen) atoms. The summed E-state index contributed by atoms with van der Waals surface area (Å²) in [7, 11) is 3.17. The number of rotatable bonds is 4. The van der Waals surface area contributed by atoms with E-state index >= 15 is 0 Å². The summed E-state index contributed by atoms with van der Waals surface area (Å²) in [6.45, 7) is 0. The topological polar surface area (TPSA) is 55.8 Å². The zero-order valence-electron chi connectivity index (χ0n) is 12.8. The molecule has 2 unspecified atom stereocenters. The Morgan fingerprint density at radius 3 is 2.45 bits per heavy atom. The number of methoxy groups -OCH3 is 2. The summed E-state index contributed by atoms with van der Waals surface area (Å²) in [5.41, 5.74) is -0.851. The van der Waals surface area contributed by atoms with Crippen molar-refractivity contribution in [3.8, 4) is 0 Å². The Labute approximate surface area is 121 Å². The van der Waals surface area contributed by atoms with Gasteiger partial charge < -0.3 is 14.6 Å². The highest BCUT2D eigenvalue weighted by Gasteiger charge is 2.45. The van der Waals surface area contributed by atoms with E-state index in [1.165, 1.54) is 13.5 Å². The summed E-state index contributed by atoms with van der Waals surface area (Å²) in [5.74, 6) is 0.481. The molecule has 2 aliphatic rings. The van der Waals surface area contributed by atoms with E-state index in [0.29, 0.717) is 12.0 Å². The minimum atomic E-state index is -0.851. The maximum absolute atomic E-state index is 11.6. The zero-order valence-corrected chi connectivity index (χ0v) is 12.8. The zero-order chi connectivity index (χ0) is 14.6. The van der Waals surface area contributed by atoms with Gasteiger partial charge in [0.05, 0.1) is 25.2 Å². The van der Waals surface area contributed by atoms with Gasteiger partial charge in [-0.25, -0.2) is 0 Å². The summed E-state index contributed by atoms with van der Waals surface area (Å²) < 4.78 is 10.2. The molecule has 4 nitrogen and oxygen atoms in total. The summed E-state index contributed by atoms with van der Waals surface area (Å²) in [5, 5.41) is 11.0. The molecule has 2 saturated carbocycles. The average Bonchev–Trinajstić information content (AvgIpc) is 2.47. The normalized spacial score (nSPS) is 38.5. The molecule has 4 heteroatoms. The number of hydrogen-bond donors (Lipinski definition) is 1. The minimum absolute atomic E-state index is 0.151. The van der Waals surface area contributed by atoms with Gasteiger partial charge in [0.25, 0.3) is 0 Å². The maximum atomic E-state index is 11.6. The van der Waals surface area contributed by atoms with Crippen LogP contribution in [0.5, 0.6) is 0 Å². The first-order chi connectivity index (χ1) is 9.59. The average molecular weight is 284 g/mol. The van der Waals surface area contributed by atoms with Gasteiger partial charge in [0.1, 0.15) is 0 Å². The van der Waals surface area contributed by atoms with Crippen molar-refractivity contribution in [2.24, 2.45) is 11.8 Å². The Morgan fingerprint density at radius 1 is 1.15 bits per heavy atom. The number of esters is 1. The van der Waals surface area contributed by atoms with Crippen molar-refractivity contribution in [3.63, 3.8) is 0 Å². The second kappa shape index (κ2) is 6.90. The van der Waals surface area contributed by atoms with Crippen LogP contribution in [-0.4, -0.2) is 37.0 Å². The first-order valence-corrected chi connectivity index (χ1v) is 7.91. The smallest absolute Gasteiger partial charge is 0.308 e. The summed E-state index contributed by atoms with van der Waals surface area (Å²) >= 11 is 0. The lowest BCUT2D eigenvalue weighted by Gasteiger charge is -2.45. The van der Waals surface area contributed by atoms with Gasteiger partial charge in [-0.1, -0.05) is 12.8 Å². The molecule has 1 N–H and O–H groups in total. The molecule has 0 aromatic rings. The molecule has 0 aromatic carbocycles. The van der Waals surface area contributed by atoms with Crippen molar-refractivity contribution in [1.82, 2.24) is 0 Å². The third kappa shape index (κ3) is 3.53. The van der Waals surface area contributed by atoms with E-state index in [9.17, 15) is 9.90 Å². The molecule has 0 saturated heterocycles. The SMILES string of the molecule is COC(=O)CC1(O)CCCCC1C1CCC(OC)CC1. The Bertz CT molecular complexity index is 322. The van der Waals surface area contributed by atoms with Gasteiger partial charge in [0.15, 0.2) is 0 Å². The van der Waals surface area contributed by atoms with E-state index < -0.39 is 5.60 Å². The lowest BCUT2D eigenvalue weighted by atomic mass is 9.64. The molecule has 0 aromatic heterocycles. The fourth-order valence-corrected chi connectivity index (χ4v) is 4.19. The third-order valence-corrected chi connectivity index (χ3v) is 5.36. The predicted molar refractivity (Wildman–Crippen MR) is 76.3 cm³/mol. The van der Waals surface area contributed by atoms with Crippen LogP contribution in [-0.2, 0) is 14.3 Å². The Balaban J connectivity index is 2.01. The van der Waals surface area contributed by atoms with Crippen LogP contribution in [0.25, 0.3) is 0 Å². The molecule has 2 atom stereocenters. The van der Waals surface area contributed by atoms with Gasteiger partial charge in [-0.15, -0.1) is 0 Å². The van der Waals surface area contributed by atoms with Gasteiger partial charge in [-0.2, -0.15) is 0 Å². The first kappa shape index (κ1) is 15.8. The van der Waals surface area contributed by atoms with Crippen molar-refractivity contribution < 1.29 is 19.4 Å². The molecule has 0 spiro atoms. The monoisotopic (exact) mass is 284 g/mol. The molecule has 2 aliphatic carbocycles. The highest BCUT2D eigenvalue weighted by Crippen LogP contribution is 2.45. The Kier molecular flexibility index (Phi) is 5.44. The van der Waals surface area contributed by atoms with Crippen molar-refractivity contribution in [2.75, 3.05) is 14.2 Å². The summed E-state index contributed by atoms with van der Waals surface area (Å²) in [6.07, 6.45) is 8.83. The number of aliphatic hydroxyl groups is 1. The van der Waals surface area contributed by atoms with E-state index in [-0.39, 0.29) is 18.3 Å². The lowest BCUT2D eigenvalue weighted by Crippen LogP contribution is -2.47. The minimum Gasteiger partial charge on any atom is -0.469 e. The fourth-order valence-electron chi connectivity index (χ4n) is 4.19. The van der Waals surface area contributed by atoms with E-state index in [4.69, 9.17) is 9.47 Å². The number of ether oxygens (including phenoxy) is 2. The molecule has 116 valence electrons. The van der Waals surface area contributed by atoms with E-state index in [2.05, 4.69) is 0 Å². The first-order valence-electron chi connectivity index (χ1n) is 7.91. The molecule has 0 amide bonds. The highest BCUT2D eigenvalue weighted by molar-refractivity contribution is 5.70. The van der Waals surface area contributed by atoms with Gasteiger partial charge in [0, 0.05) is 7.11 Å². The highest BCUT2D eigenvalue weighted by atomic mass is 16.5. The molecule has 0 bridgehead atoms. The maximum Gasteiger partial charge on any atom is 0.308 e. The number of carbonyl (C=O) groups excluding carboxylic acids is 1. The van der Waals surface area contributed by atoms with E-state index in [0.717, 1.165) is 44.9 Å². The summed E-state index contributed by atoms with van der Waals surface area (Å²) in [4.78, 5) is 11.6. The van der Waals surface area contributed by atoms with Crippen molar-refractivity contribution in [1.29, 1.82) is 0 Å². The van der Waals surface area contributed by atoms with Crippen LogP contribution in [0.15, 0.2) is 0 Å². The second-order valence-electron chi connectivity index (χ2n) is 6.48. The van der Waals surface area contributed by atoms with Crippen LogP contribution in [0, 0.1) is 11.8 Å². The standard InChI is InChI=1S/C16H28O4/c1-19-13-8-6-12(7-9-13)14-5-3-4-10-16(14,18)11-15(17)20-2/h12-14,18H,3-11H2,1-2H3. The molecule has 2 fully saturated rings. The van der Waals surface area contributed by atoms with Crippen LogP contribution in [0.2, 0.25) is 0 Å². The quantitative estimate of drug-likeness (QED) is 0.806. The summed E-state index contributed by atoms with van der Waals surface area (Å²) in [6, 6.07) is 0. The number of hydrogen-bond acceptors (Lipinski definition) is 4. The molecule has 0 aliphatic heterocycles. The third-order valence-electron chi connectivity index (χ3n) is 5.36. The Morgan fingerprint density at radius 2 is 1.85 bits per heavy atom. The van der Waals surface area contributed by atoms with Crippen LogP contribution in [0.4, 0.5) is 0 Å². The largest absolute Gasteiger partial charge is 0.469 e. The number of carbonyl (C=O) groups is 1. The Hall–Kier alpha value is -0.610. The van der Waals surface area contributed by atoms with Gasteiger partial charge in [-0.05, 0) is 50.4 Å². The van der Waals surface area contributed by atoms with E-state index in [1.807, 2.05) is 0 Å². The fraction of sp³-hybridized carbons (Fsp3) is 0.938. The molecular weight excluding hydrogens is 256 g/mol. The van der Waals surface area contributed by atoms with Crippen LogP contribution < -0.4 is 0 Å². The lowest BCUT2D eigenvalue weighted by molar-refractivity contribution is -0.154. The van der Waals surface area contributed by atoms with Crippen LogP contribution >= 0.6 is 0 Å². The van der Waals surface area contributed by atoms with Gasteiger partial charge in [0.2, 0.25) is 0 Å². The van der Waals surface area contributed by atoms with E-state index in [1.54, 1.807) is 7.11 Å².